The van der Waals surface area contributed by atoms with E-state index in [-0.39, 0.29) is 30.3 Å². The molecule has 2 aromatic carbocycles. The van der Waals surface area contributed by atoms with Crippen molar-refractivity contribution in [3.8, 4) is 11.5 Å². The van der Waals surface area contributed by atoms with Crippen molar-refractivity contribution >= 4 is 57.5 Å². The predicted octanol–water partition coefficient (Wildman–Crippen LogP) is 4.31. The molecule has 1 fully saturated rings. The van der Waals surface area contributed by atoms with E-state index >= 15 is 0 Å². The van der Waals surface area contributed by atoms with Gasteiger partial charge >= 0.3 is 5.97 Å². The van der Waals surface area contributed by atoms with Crippen molar-refractivity contribution in [3.63, 3.8) is 0 Å². The van der Waals surface area contributed by atoms with E-state index in [1.807, 2.05) is 35.8 Å². The van der Waals surface area contributed by atoms with Crippen LogP contribution in [0.5, 0.6) is 11.5 Å². The average molecular weight is 536 g/mol. The summed E-state index contributed by atoms with van der Waals surface area (Å²) in [5.41, 5.74) is 2.85. The molecule has 0 spiro atoms. The number of anilines is 1. The molecule has 2 aliphatic rings. The summed E-state index contributed by atoms with van der Waals surface area (Å²) >= 11 is 0.770. The smallest absolute Gasteiger partial charge is 0.326 e. The molecule has 5 rings (SSSR count). The Bertz CT molecular complexity index is 1510. The van der Waals surface area contributed by atoms with E-state index in [0.29, 0.717) is 22.7 Å². The molecular weight excluding hydrogens is 510 g/mol. The number of carbonyl (C=O) groups is 4. The summed E-state index contributed by atoms with van der Waals surface area (Å²) in [6, 6.07) is 12.7. The van der Waals surface area contributed by atoms with Gasteiger partial charge in [-0.2, -0.15) is 0 Å². The van der Waals surface area contributed by atoms with Gasteiger partial charge in [-0.1, -0.05) is 18.2 Å². The van der Waals surface area contributed by atoms with Gasteiger partial charge in [-0.15, -0.1) is 0 Å². The van der Waals surface area contributed by atoms with E-state index in [1.165, 1.54) is 0 Å². The summed E-state index contributed by atoms with van der Waals surface area (Å²) in [5.74, 6) is -0.259. The molecule has 2 aliphatic heterocycles. The molecule has 3 aromatic rings. The van der Waals surface area contributed by atoms with Gasteiger partial charge < -0.3 is 24.1 Å². The molecule has 196 valence electrons. The molecule has 38 heavy (non-hydrogen) atoms. The molecule has 0 saturated carbocycles. The quantitative estimate of drug-likeness (QED) is 0.352. The van der Waals surface area contributed by atoms with Gasteiger partial charge in [0, 0.05) is 33.9 Å². The van der Waals surface area contributed by atoms with Gasteiger partial charge in [-0.25, -0.2) is 0 Å². The first kappa shape index (κ1) is 25.4. The number of nitrogens with one attached hydrogen (secondary N) is 1. The van der Waals surface area contributed by atoms with Gasteiger partial charge in [-0.3, -0.25) is 24.1 Å². The highest BCUT2D eigenvalue weighted by Crippen LogP contribution is 2.36. The summed E-state index contributed by atoms with van der Waals surface area (Å²) in [7, 11) is 0. The molecular formula is C27H25N3O7S. The number of esters is 1. The van der Waals surface area contributed by atoms with Crippen LogP contribution in [-0.4, -0.2) is 51.9 Å². The first-order valence-corrected chi connectivity index (χ1v) is 12.7. The zero-order chi connectivity index (χ0) is 27.0. The number of aromatic nitrogens is 1. The summed E-state index contributed by atoms with van der Waals surface area (Å²) in [4.78, 5) is 51.6. The lowest BCUT2D eigenvalue weighted by molar-refractivity contribution is -0.149. The van der Waals surface area contributed by atoms with E-state index in [1.54, 1.807) is 38.1 Å². The maximum absolute atomic E-state index is 13.0. The molecule has 0 aliphatic carbocycles. The molecule has 0 unspecified atom stereocenters. The Labute approximate surface area is 222 Å². The summed E-state index contributed by atoms with van der Waals surface area (Å²) in [6.07, 6.45) is 1.29. The van der Waals surface area contributed by atoms with Crippen molar-refractivity contribution in [3.05, 3.63) is 58.6 Å². The van der Waals surface area contributed by atoms with Crippen molar-refractivity contribution in [2.75, 3.05) is 18.7 Å². The van der Waals surface area contributed by atoms with Crippen LogP contribution in [0.15, 0.2) is 47.4 Å². The minimum Gasteiger partial charge on any atom is -0.462 e. The lowest BCUT2D eigenvalue weighted by Crippen LogP contribution is -2.35. The van der Waals surface area contributed by atoms with E-state index in [4.69, 9.17) is 14.2 Å². The molecule has 0 atom stereocenters. The summed E-state index contributed by atoms with van der Waals surface area (Å²) in [5, 5.41) is 3.17. The fourth-order valence-corrected chi connectivity index (χ4v) is 5.18. The molecule has 11 heteroatoms. The van der Waals surface area contributed by atoms with Crippen LogP contribution in [0.1, 0.15) is 25.1 Å². The number of ether oxygens (including phenoxy) is 3. The van der Waals surface area contributed by atoms with Crippen LogP contribution in [0.4, 0.5) is 10.5 Å². The standard InChI is InChI=1S/C27H25N3O7S/c1-15(2)37-25(32)13-30-26(33)23(38-27(30)34)11-19-16(3)29(20-7-5-4-6-18(19)20)12-24(31)28-17-8-9-21-22(10-17)36-14-35-21/h4-11,15H,12-14H2,1-3H3,(H,28,31)/b23-11-. The number of para-hydroxylation sites is 1. The molecule has 3 heterocycles. The number of hydrogen-bond acceptors (Lipinski definition) is 8. The molecule has 3 amide bonds. The lowest BCUT2D eigenvalue weighted by Gasteiger charge is -2.13. The largest absolute Gasteiger partial charge is 0.462 e. The van der Waals surface area contributed by atoms with Gasteiger partial charge in [0.05, 0.1) is 11.0 Å². The fraction of sp³-hybridized carbons (Fsp3) is 0.259. The Morgan fingerprint density at radius 1 is 1.11 bits per heavy atom. The molecule has 0 radical (unpaired) electrons. The molecule has 0 bridgehead atoms. The highest BCUT2D eigenvalue weighted by Gasteiger charge is 2.37. The van der Waals surface area contributed by atoms with Gasteiger partial charge in [0.25, 0.3) is 11.1 Å². The minimum absolute atomic E-state index is 0.0249. The van der Waals surface area contributed by atoms with Crippen molar-refractivity contribution in [2.24, 2.45) is 0 Å². The third kappa shape index (κ3) is 4.97. The van der Waals surface area contributed by atoms with Crippen molar-refractivity contribution in [1.82, 2.24) is 9.47 Å². The third-order valence-electron chi connectivity index (χ3n) is 6.04. The predicted molar refractivity (Wildman–Crippen MR) is 142 cm³/mol. The number of thioether (sulfide) groups is 1. The molecule has 1 aromatic heterocycles. The van der Waals surface area contributed by atoms with E-state index in [2.05, 4.69) is 5.32 Å². The Morgan fingerprint density at radius 2 is 1.87 bits per heavy atom. The number of benzene rings is 2. The van der Waals surface area contributed by atoms with Gasteiger partial charge in [-0.05, 0) is 56.8 Å². The first-order chi connectivity index (χ1) is 18.2. The van der Waals surface area contributed by atoms with Crippen LogP contribution in [0.3, 0.4) is 0 Å². The van der Waals surface area contributed by atoms with Crippen molar-refractivity contribution < 1.29 is 33.4 Å². The average Bonchev–Trinajstić information content (AvgIpc) is 3.51. The molecule has 1 N–H and O–H groups in total. The Hall–Kier alpha value is -4.25. The van der Waals surface area contributed by atoms with Crippen LogP contribution in [-0.2, 0) is 25.7 Å². The third-order valence-corrected chi connectivity index (χ3v) is 6.95. The second kappa shape index (κ2) is 10.3. The van der Waals surface area contributed by atoms with Gasteiger partial charge in [0.2, 0.25) is 12.7 Å². The lowest BCUT2D eigenvalue weighted by atomic mass is 10.1. The highest BCUT2D eigenvalue weighted by atomic mass is 32.2. The van der Waals surface area contributed by atoms with Crippen LogP contribution in [0.25, 0.3) is 17.0 Å². The van der Waals surface area contributed by atoms with Crippen LogP contribution in [0.2, 0.25) is 0 Å². The van der Waals surface area contributed by atoms with Crippen LogP contribution >= 0.6 is 11.8 Å². The monoisotopic (exact) mass is 535 g/mol. The topological polar surface area (TPSA) is 116 Å². The SMILES string of the molecule is Cc1c(/C=C2\SC(=O)N(CC(=O)OC(C)C)C2=O)c2ccccc2n1CC(=O)Nc1ccc2c(c1)OCO2. The van der Waals surface area contributed by atoms with E-state index < -0.39 is 23.7 Å². The first-order valence-electron chi connectivity index (χ1n) is 11.9. The zero-order valence-electron chi connectivity index (χ0n) is 21.0. The number of carbonyl (C=O) groups excluding carboxylic acids is 4. The fourth-order valence-electron chi connectivity index (χ4n) is 4.36. The Balaban J connectivity index is 1.39. The number of hydrogen-bond donors (Lipinski definition) is 1. The Morgan fingerprint density at radius 3 is 2.66 bits per heavy atom. The van der Waals surface area contributed by atoms with Crippen LogP contribution in [0, 0.1) is 6.92 Å². The number of imide groups is 1. The number of nitrogens with zero attached hydrogens (tertiary/aromatic N) is 2. The van der Waals surface area contributed by atoms with E-state index in [0.717, 1.165) is 33.3 Å². The van der Waals surface area contributed by atoms with E-state index in [9.17, 15) is 19.2 Å². The number of fused-ring (bicyclic) bond motifs is 2. The zero-order valence-corrected chi connectivity index (χ0v) is 21.8. The normalized spacial score (nSPS) is 15.7. The maximum Gasteiger partial charge on any atom is 0.326 e. The second-order valence-corrected chi connectivity index (χ2v) is 10.0. The number of rotatable bonds is 7. The highest BCUT2D eigenvalue weighted by molar-refractivity contribution is 8.18. The van der Waals surface area contributed by atoms with Gasteiger partial charge in [0.15, 0.2) is 11.5 Å². The molecule has 1 saturated heterocycles. The van der Waals surface area contributed by atoms with Crippen molar-refractivity contribution in [2.45, 2.75) is 33.4 Å². The minimum atomic E-state index is -0.648. The molecule has 10 nitrogen and oxygen atoms in total. The Kier molecular flexibility index (Phi) is 6.85. The second-order valence-electron chi connectivity index (χ2n) is 9.03. The van der Waals surface area contributed by atoms with Crippen molar-refractivity contribution in [1.29, 1.82) is 0 Å². The summed E-state index contributed by atoms with van der Waals surface area (Å²) < 4.78 is 17.6. The maximum atomic E-state index is 13.0. The number of amides is 3. The summed E-state index contributed by atoms with van der Waals surface area (Å²) in [6.45, 7) is 4.97. The van der Waals surface area contributed by atoms with Crippen LogP contribution < -0.4 is 14.8 Å². The van der Waals surface area contributed by atoms with Gasteiger partial charge in [0.1, 0.15) is 13.1 Å².